The van der Waals surface area contributed by atoms with Crippen molar-refractivity contribution in [2.45, 2.75) is 42.6 Å². The summed E-state index contributed by atoms with van der Waals surface area (Å²) < 4.78 is 19.0. The Balaban J connectivity index is 1.14. The fraction of sp³-hybridized carbons (Fsp3) is 0.393. The van der Waals surface area contributed by atoms with Crippen LogP contribution in [0.4, 0.5) is 4.39 Å². The quantitative estimate of drug-likeness (QED) is 0.140. The van der Waals surface area contributed by atoms with Crippen LogP contribution in [0.2, 0.25) is 0 Å². The van der Waals surface area contributed by atoms with Gasteiger partial charge in [0.2, 0.25) is 0 Å². The second-order valence-corrected chi connectivity index (χ2v) is 10.9. The highest BCUT2D eigenvalue weighted by molar-refractivity contribution is 14.1. The summed E-state index contributed by atoms with van der Waals surface area (Å²) in [6.45, 7) is 1.77. The van der Waals surface area contributed by atoms with E-state index in [1.54, 1.807) is 12.1 Å². The number of aromatic nitrogens is 1. The van der Waals surface area contributed by atoms with Gasteiger partial charge in [-0.1, -0.05) is 58.1 Å². The molecule has 3 aromatic rings. The molecule has 1 saturated heterocycles. The number of piperidine rings is 1. The Hall–Kier alpha value is -2.39. The molecule has 0 amide bonds. The summed E-state index contributed by atoms with van der Waals surface area (Å²) >= 11 is 2.43. The molecule has 0 radical (unpaired) electrons. The molecule has 1 aromatic heterocycles. The number of aryl methyl sites for hydroxylation is 1. The normalized spacial score (nSPS) is 22.7. The maximum absolute atomic E-state index is 13.3. The Morgan fingerprint density at radius 1 is 1.11 bits per heavy atom. The molecule has 0 bridgehead atoms. The molecule has 7 heteroatoms. The lowest BCUT2D eigenvalue weighted by Crippen LogP contribution is -2.41. The topological polar surface area (TPSA) is 63.4 Å². The summed E-state index contributed by atoms with van der Waals surface area (Å²) in [5.74, 6) is 0.622. The Bertz CT molecular complexity index is 1190. The van der Waals surface area contributed by atoms with Crippen molar-refractivity contribution in [1.82, 2.24) is 10.1 Å². The van der Waals surface area contributed by atoms with Gasteiger partial charge in [0.15, 0.2) is 11.6 Å². The van der Waals surface area contributed by atoms with Crippen LogP contribution in [0, 0.1) is 17.7 Å². The average Bonchev–Trinajstić information content (AvgIpc) is 3.32. The third-order valence-corrected chi connectivity index (χ3v) is 8.58. The lowest BCUT2D eigenvalue weighted by molar-refractivity contribution is 0.0814. The summed E-state index contributed by atoms with van der Waals surface area (Å²) in [6, 6.07) is 15.6. The highest BCUT2D eigenvalue weighted by atomic mass is 127. The van der Waals surface area contributed by atoms with Crippen LogP contribution in [0.3, 0.4) is 0 Å². The predicted octanol–water partition coefficient (Wildman–Crippen LogP) is 6.36. The first-order valence-electron chi connectivity index (χ1n) is 12.3. The molecule has 3 atom stereocenters. The van der Waals surface area contributed by atoms with Gasteiger partial charge >= 0.3 is 0 Å². The van der Waals surface area contributed by atoms with E-state index < -0.39 is 0 Å². The molecule has 0 spiro atoms. The molecule has 2 aliphatic rings. The van der Waals surface area contributed by atoms with Gasteiger partial charge in [-0.15, -0.1) is 0 Å². The molecule has 35 heavy (non-hydrogen) atoms. The zero-order valence-corrected chi connectivity index (χ0v) is 21.6. The van der Waals surface area contributed by atoms with Crippen molar-refractivity contribution in [3.8, 4) is 11.3 Å². The predicted molar refractivity (Wildman–Crippen MR) is 140 cm³/mol. The largest absolute Gasteiger partial charge is 0.360 e. The van der Waals surface area contributed by atoms with E-state index in [9.17, 15) is 14.0 Å². The first-order chi connectivity index (χ1) is 17.0. The Labute approximate surface area is 218 Å². The standard InChI is InChI=1S/C28H28FIN2O3/c29-22-11-8-20(9-12-22)27(33)21-14-16-32(24(30)17-21)15-4-7-19-10-13-23-25(28(19)34)26(31-35-23)18-5-2-1-3-6-18/h1-3,5-6,8-9,11-12,19,21,24H,4,7,10,13-17H2. The zero-order chi connectivity index (χ0) is 24.4. The SMILES string of the molecule is O=C(c1ccc(F)cc1)C1CCN(CCCC2CCc3onc(-c4ccccc4)c3C2=O)C(I)C1. The summed E-state index contributed by atoms with van der Waals surface area (Å²) in [5.41, 5.74) is 2.83. The third kappa shape index (κ3) is 5.26. The van der Waals surface area contributed by atoms with Crippen LogP contribution in [0.15, 0.2) is 59.1 Å². The van der Waals surface area contributed by atoms with E-state index in [2.05, 4.69) is 32.6 Å². The maximum atomic E-state index is 13.3. The second kappa shape index (κ2) is 10.7. The van der Waals surface area contributed by atoms with E-state index in [1.165, 1.54) is 12.1 Å². The Morgan fingerprint density at radius 3 is 2.63 bits per heavy atom. The van der Waals surface area contributed by atoms with Crippen molar-refractivity contribution in [1.29, 1.82) is 0 Å². The van der Waals surface area contributed by atoms with Gasteiger partial charge in [0.25, 0.3) is 0 Å². The number of ketones is 2. The summed E-state index contributed by atoms with van der Waals surface area (Å²) in [5, 5.41) is 4.21. The molecule has 3 unspecified atom stereocenters. The van der Waals surface area contributed by atoms with Crippen LogP contribution in [0.25, 0.3) is 11.3 Å². The van der Waals surface area contributed by atoms with E-state index in [1.807, 2.05) is 30.3 Å². The molecule has 1 aliphatic carbocycles. The number of carbonyl (C=O) groups is 2. The molecule has 182 valence electrons. The number of benzene rings is 2. The molecule has 2 heterocycles. The van der Waals surface area contributed by atoms with Gasteiger partial charge in [0, 0.05) is 29.4 Å². The molecular formula is C28H28FIN2O3. The monoisotopic (exact) mass is 586 g/mol. The smallest absolute Gasteiger partial charge is 0.171 e. The Morgan fingerprint density at radius 2 is 1.89 bits per heavy atom. The minimum atomic E-state index is -0.323. The van der Waals surface area contributed by atoms with Gasteiger partial charge in [0.05, 0.1) is 9.61 Å². The van der Waals surface area contributed by atoms with E-state index in [4.69, 9.17) is 4.52 Å². The highest BCUT2D eigenvalue weighted by Gasteiger charge is 2.35. The minimum absolute atomic E-state index is 0.00498. The van der Waals surface area contributed by atoms with E-state index in [-0.39, 0.29) is 33.3 Å². The van der Waals surface area contributed by atoms with Crippen LogP contribution in [0.5, 0.6) is 0 Å². The number of fused-ring (bicyclic) bond motifs is 1. The van der Waals surface area contributed by atoms with Crippen LogP contribution < -0.4 is 0 Å². The number of carbonyl (C=O) groups excluding carboxylic acids is 2. The number of hydrogen-bond donors (Lipinski definition) is 0. The molecular weight excluding hydrogens is 558 g/mol. The van der Waals surface area contributed by atoms with Gasteiger partial charge in [-0.05, 0) is 69.5 Å². The van der Waals surface area contributed by atoms with E-state index in [0.29, 0.717) is 22.6 Å². The van der Waals surface area contributed by atoms with Gasteiger partial charge in [-0.3, -0.25) is 14.5 Å². The van der Waals surface area contributed by atoms with Crippen molar-refractivity contribution in [2.24, 2.45) is 11.8 Å². The van der Waals surface area contributed by atoms with Crippen LogP contribution in [-0.2, 0) is 6.42 Å². The van der Waals surface area contributed by atoms with Crippen LogP contribution >= 0.6 is 22.6 Å². The van der Waals surface area contributed by atoms with Gasteiger partial charge in [0.1, 0.15) is 17.3 Å². The Kier molecular flexibility index (Phi) is 7.43. The molecule has 2 aromatic carbocycles. The maximum Gasteiger partial charge on any atom is 0.171 e. The summed E-state index contributed by atoms with van der Waals surface area (Å²) in [4.78, 5) is 28.6. The highest BCUT2D eigenvalue weighted by Crippen LogP contribution is 2.35. The van der Waals surface area contributed by atoms with Crippen LogP contribution in [-0.4, -0.2) is 38.8 Å². The second-order valence-electron chi connectivity index (χ2n) is 9.50. The summed E-state index contributed by atoms with van der Waals surface area (Å²) in [7, 11) is 0. The van der Waals surface area contributed by atoms with Crippen molar-refractivity contribution >= 4 is 34.2 Å². The number of hydrogen-bond acceptors (Lipinski definition) is 5. The molecule has 0 saturated carbocycles. The number of nitrogens with zero attached hydrogens (tertiary/aromatic N) is 2. The van der Waals surface area contributed by atoms with Crippen LogP contribution in [0.1, 0.15) is 58.6 Å². The number of alkyl halides is 1. The summed E-state index contributed by atoms with van der Waals surface area (Å²) in [6.07, 6.45) is 4.93. The average molecular weight is 586 g/mol. The fourth-order valence-corrected chi connectivity index (χ4v) is 6.47. The molecule has 1 aliphatic heterocycles. The van der Waals surface area contributed by atoms with E-state index >= 15 is 0 Å². The zero-order valence-electron chi connectivity index (χ0n) is 19.5. The lowest BCUT2D eigenvalue weighted by Gasteiger charge is -2.36. The first-order valence-corrected chi connectivity index (χ1v) is 13.5. The molecule has 1 fully saturated rings. The molecule has 0 N–H and O–H groups in total. The van der Waals surface area contributed by atoms with Crippen molar-refractivity contribution in [3.05, 3.63) is 77.3 Å². The molecule has 5 nitrogen and oxygen atoms in total. The number of halogens is 2. The number of Topliss-reactive ketones (excluding diaryl/α,β-unsaturated/α-hetero) is 2. The van der Waals surface area contributed by atoms with Crippen molar-refractivity contribution < 1.29 is 18.5 Å². The van der Waals surface area contributed by atoms with Crippen molar-refractivity contribution in [2.75, 3.05) is 13.1 Å². The fourth-order valence-electron chi connectivity index (χ4n) is 5.30. The van der Waals surface area contributed by atoms with Gasteiger partial charge in [-0.25, -0.2) is 4.39 Å². The van der Waals surface area contributed by atoms with Crippen molar-refractivity contribution in [3.63, 3.8) is 0 Å². The lowest BCUT2D eigenvalue weighted by atomic mass is 9.82. The van der Waals surface area contributed by atoms with Gasteiger partial charge < -0.3 is 4.52 Å². The van der Waals surface area contributed by atoms with Gasteiger partial charge in [-0.2, -0.15) is 0 Å². The third-order valence-electron chi connectivity index (χ3n) is 7.28. The number of rotatable bonds is 7. The minimum Gasteiger partial charge on any atom is -0.360 e. The van der Waals surface area contributed by atoms with E-state index in [0.717, 1.165) is 57.2 Å². The first kappa shape index (κ1) is 24.3. The number of likely N-dealkylation sites (tertiary alicyclic amines) is 1. The molecule has 5 rings (SSSR count).